The molecule has 5 heteroatoms. The summed E-state index contributed by atoms with van der Waals surface area (Å²) < 4.78 is 0. The summed E-state index contributed by atoms with van der Waals surface area (Å²) in [5.41, 5.74) is 0.948. The Bertz CT molecular complexity index is 478. The number of aromatic carboxylic acids is 1. The van der Waals surface area contributed by atoms with Crippen LogP contribution >= 0.6 is 0 Å². The second-order valence-electron chi connectivity index (χ2n) is 5.73. The average Bonchev–Trinajstić information content (AvgIpc) is 2.33. The number of amides is 1. The minimum Gasteiger partial charge on any atom is -0.478 e. The molecule has 1 aromatic rings. The van der Waals surface area contributed by atoms with Crippen molar-refractivity contribution in [1.29, 1.82) is 0 Å². The molecule has 20 heavy (non-hydrogen) atoms. The Balaban J connectivity index is 2.33. The van der Waals surface area contributed by atoms with Gasteiger partial charge in [0.05, 0.1) is 5.56 Å². The molecule has 1 aromatic carbocycles. The molecule has 0 atom stereocenters. The molecule has 1 rings (SSSR count). The summed E-state index contributed by atoms with van der Waals surface area (Å²) in [5, 5.41) is 14.9. The van der Waals surface area contributed by atoms with E-state index in [1.807, 2.05) is 26.8 Å². The van der Waals surface area contributed by atoms with Gasteiger partial charge in [0, 0.05) is 25.0 Å². The van der Waals surface area contributed by atoms with E-state index in [1.165, 1.54) is 0 Å². The number of nitrogens with one attached hydrogen (secondary N) is 2. The Kier molecular flexibility index (Phi) is 5.70. The number of carboxylic acids is 1. The van der Waals surface area contributed by atoms with E-state index >= 15 is 0 Å². The van der Waals surface area contributed by atoms with Gasteiger partial charge in [0.1, 0.15) is 0 Å². The van der Waals surface area contributed by atoms with Crippen LogP contribution in [0.25, 0.3) is 0 Å². The molecule has 0 fully saturated rings. The number of carboxylic acid groups (broad SMARTS) is 1. The maximum Gasteiger partial charge on any atom is 0.335 e. The largest absolute Gasteiger partial charge is 0.478 e. The fourth-order valence-electron chi connectivity index (χ4n) is 1.73. The van der Waals surface area contributed by atoms with E-state index in [-0.39, 0.29) is 17.0 Å². The molecule has 0 unspecified atom stereocenters. The summed E-state index contributed by atoms with van der Waals surface area (Å²) in [6, 6.07) is 6.76. The van der Waals surface area contributed by atoms with Crippen LogP contribution in [0, 0.1) is 0 Å². The van der Waals surface area contributed by atoms with Crippen LogP contribution in [0.5, 0.6) is 0 Å². The summed E-state index contributed by atoms with van der Waals surface area (Å²) in [6.45, 7) is 6.92. The summed E-state index contributed by atoms with van der Waals surface area (Å²) in [6.07, 6.45) is 0.399. The van der Waals surface area contributed by atoms with Gasteiger partial charge >= 0.3 is 5.97 Å². The molecule has 0 spiro atoms. The van der Waals surface area contributed by atoms with Crippen molar-refractivity contribution in [2.45, 2.75) is 39.3 Å². The van der Waals surface area contributed by atoms with Crippen LogP contribution in [-0.4, -0.2) is 29.1 Å². The van der Waals surface area contributed by atoms with E-state index in [0.717, 1.165) is 5.56 Å². The Labute approximate surface area is 119 Å². The lowest BCUT2D eigenvalue weighted by molar-refractivity contribution is -0.122. The van der Waals surface area contributed by atoms with Crippen molar-refractivity contribution in [1.82, 2.24) is 10.6 Å². The van der Waals surface area contributed by atoms with Gasteiger partial charge in [-0.2, -0.15) is 0 Å². The van der Waals surface area contributed by atoms with Crippen molar-refractivity contribution in [3.05, 3.63) is 35.4 Å². The quantitative estimate of drug-likeness (QED) is 0.693. The third-order valence-electron chi connectivity index (χ3n) is 2.55. The highest BCUT2D eigenvalue weighted by molar-refractivity contribution is 5.87. The van der Waals surface area contributed by atoms with Crippen molar-refractivity contribution in [3.63, 3.8) is 0 Å². The Morgan fingerprint density at radius 2 is 1.95 bits per heavy atom. The molecular formula is C15H22N2O3. The predicted molar refractivity (Wildman–Crippen MR) is 77.6 cm³/mol. The van der Waals surface area contributed by atoms with Gasteiger partial charge in [-0.3, -0.25) is 4.79 Å². The fraction of sp³-hybridized carbons (Fsp3) is 0.467. The zero-order valence-corrected chi connectivity index (χ0v) is 12.2. The number of hydrogen-bond donors (Lipinski definition) is 3. The average molecular weight is 278 g/mol. The van der Waals surface area contributed by atoms with Gasteiger partial charge in [0.15, 0.2) is 0 Å². The molecule has 0 heterocycles. The number of carbonyl (C=O) groups excluding carboxylic acids is 1. The highest BCUT2D eigenvalue weighted by atomic mass is 16.4. The van der Waals surface area contributed by atoms with Crippen LogP contribution in [0.15, 0.2) is 24.3 Å². The van der Waals surface area contributed by atoms with Crippen LogP contribution < -0.4 is 10.6 Å². The van der Waals surface area contributed by atoms with Gasteiger partial charge in [-0.05, 0) is 38.5 Å². The van der Waals surface area contributed by atoms with Crippen molar-refractivity contribution < 1.29 is 14.7 Å². The molecule has 0 saturated carbocycles. The Morgan fingerprint density at radius 3 is 2.55 bits per heavy atom. The molecular weight excluding hydrogens is 256 g/mol. The normalized spacial score (nSPS) is 11.2. The van der Waals surface area contributed by atoms with E-state index in [1.54, 1.807) is 18.2 Å². The second kappa shape index (κ2) is 7.05. The summed E-state index contributed by atoms with van der Waals surface area (Å²) in [7, 11) is 0. The van der Waals surface area contributed by atoms with E-state index < -0.39 is 5.97 Å². The number of rotatable bonds is 6. The molecule has 0 aliphatic carbocycles. The molecule has 5 nitrogen and oxygen atoms in total. The maximum atomic E-state index is 11.6. The van der Waals surface area contributed by atoms with E-state index in [2.05, 4.69) is 10.6 Å². The van der Waals surface area contributed by atoms with Crippen LogP contribution in [0.2, 0.25) is 0 Å². The van der Waals surface area contributed by atoms with Crippen molar-refractivity contribution >= 4 is 11.9 Å². The standard InChI is InChI=1S/C15H22N2O3/c1-15(2,3)17-13(18)7-8-16-10-11-5-4-6-12(9-11)14(19)20/h4-6,9,16H,7-8,10H2,1-3H3,(H,17,18)(H,19,20). The summed E-state index contributed by atoms with van der Waals surface area (Å²) in [4.78, 5) is 22.4. The molecule has 0 radical (unpaired) electrons. The zero-order valence-electron chi connectivity index (χ0n) is 12.2. The molecule has 0 saturated heterocycles. The highest BCUT2D eigenvalue weighted by Gasteiger charge is 2.12. The van der Waals surface area contributed by atoms with Crippen molar-refractivity contribution in [2.75, 3.05) is 6.54 Å². The van der Waals surface area contributed by atoms with Gasteiger partial charge < -0.3 is 15.7 Å². The minimum absolute atomic E-state index is 0.00397. The Hall–Kier alpha value is -1.88. The van der Waals surface area contributed by atoms with E-state index in [0.29, 0.717) is 19.5 Å². The number of hydrogen-bond acceptors (Lipinski definition) is 3. The molecule has 1 amide bonds. The van der Waals surface area contributed by atoms with Crippen LogP contribution in [0.4, 0.5) is 0 Å². The maximum absolute atomic E-state index is 11.6. The lowest BCUT2D eigenvalue weighted by atomic mass is 10.1. The molecule has 0 aliphatic rings. The first-order chi connectivity index (χ1) is 9.28. The minimum atomic E-state index is -0.934. The van der Waals surface area contributed by atoms with Crippen LogP contribution in [0.3, 0.4) is 0 Å². The fourth-order valence-corrected chi connectivity index (χ4v) is 1.73. The third-order valence-corrected chi connectivity index (χ3v) is 2.55. The summed E-state index contributed by atoms with van der Waals surface area (Å²) >= 11 is 0. The molecule has 3 N–H and O–H groups in total. The van der Waals surface area contributed by atoms with Gasteiger partial charge in [-0.25, -0.2) is 4.79 Å². The van der Waals surface area contributed by atoms with E-state index in [4.69, 9.17) is 5.11 Å². The van der Waals surface area contributed by atoms with Crippen LogP contribution in [0.1, 0.15) is 43.1 Å². The van der Waals surface area contributed by atoms with Gasteiger partial charge in [-0.15, -0.1) is 0 Å². The lowest BCUT2D eigenvalue weighted by Crippen LogP contribution is -2.41. The van der Waals surface area contributed by atoms with Crippen LogP contribution in [-0.2, 0) is 11.3 Å². The molecule has 0 bridgehead atoms. The zero-order chi connectivity index (χ0) is 15.2. The lowest BCUT2D eigenvalue weighted by Gasteiger charge is -2.20. The second-order valence-corrected chi connectivity index (χ2v) is 5.73. The Morgan fingerprint density at radius 1 is 1.25 bits per heavy atom. The SMILES string of the molecule is CC(C)(C)NC(=O)CCNCc1cccc(C(=O)O)c1. The highest BCUT2D eigenvalue weighted by Crippen LogP contribution is 2.05. The van der Waals surface area contributed by atoms with Crippen molar-refractivity contribution in [3.8, 4) is 0 Å². The number of carbonyl (C=O) groups is 2. The monoisotopic (exact) mass is 278 g/mol. The smallest absolute Gasteiger partial charge is 0.335 e. The van der Waals surface area contributed by atoms with Gasteiger partial charge in [-0.1, -0.05) is 12.1 Å². The molecule has 0 aliphatic heterocycles. The van der Waals surface area contributed by atoms with E-state index in [9.17, 15) is 9.59 Å². The topological polar surface area (TPSA) is 78.4 Å². The van der Waals surface area contributed by atoms with Gasteiger partial charge in [0.2, 0.25) is 5.91 Å². The van der Waals surface area contributed by atoms with Gasteiger partial charge in [0.25, 0.3) is 0 Å². The third kappa shape index (κ3) is 6.33. The summed E-state index contributed by atoms with van der Waals surface area (Å²) in [5.74, 6) is -0.930. The first-order valence-electron chi connectivity index (χ1n) is 6.62. The molecule has 0 aromatic heterocycles. The number of benzene rings is 1. The predicted octanol–water partition coefficient (Wildman–Crippen LogP) is 1.78. The van der Waals surface area contributed by atoms with Crippen molar-refractivity contribution in [2.24, 2.45) is 0 Å². The molecule has 110 valence electrons. The first kappa shape index (κ1) is 16.2. The first-order valence-corrected chi connectivity index (χ1v) is 6.62.